The molecule has 0 N–H and O–H groups in total. The van der Waals surface area contributed by atoms with Crippen molar-refractivity contribution in [3.05, 3.63) is 131 Å². The minimum Gasteiger partial charge on any atom is -0.489 e. The first-order valence-corrected chi connectivity index (χ1v) is 12.4. The first-order chi connectivity index (χ1) is 18.4. The number of rotatable bonds is 6. The molecule has 0 unspecified atom stereocenters. The quantitative estimate of drug-likeness (QED) is 0.153. The summed E-state index contributed by atoms with van der Waals surface area (Å²) in [4.78, 5) is 30.0. The number of amides is 2. The van der Waals surface area contributed by atoms with Gasteiger partial charge in [-0.15, -0.1) is 0 Å². The lowest BCUT2D eigenvalue weighted by Gasteiger charge is -2.36. The third kappa shape index (κ3) is 5.07. The van der Waals surface area contributed by atoms with Crippen molar-refractivity contribution in [3.63, 3.8) is 0 Å². The second-order valence-corrected chi connectivity index (χ2v) is 9.13. The van der Waals surface area contributed by atoms with Crippen molar-refractivity contribution in [1.82, 2.24) is 0 Å². The van der Waals surface area contributed by atoms with E-state index < -0.39 is 17.6 Å². The van der Waals surface area contributed by atoms with E-state index in [4.69, 9.17) is 28.6 Å². The minimum absolute atomic E-state index is 0.0633. The summed E-state index contributed by atoms with van der Waals surface area (Å²) in [7, 11) is 0. The van der Waals surface area contributed by atoms with Crippen LogP contribution in [0.5, 0.6) is 5.75 Å². The second kappa shape index (κ2) is 11.0. The highest BCUT2D eigenvalue weighted by Gasteiger charge is 2.41. The highest BCUT2D eigenvalue weighted by molar-refractivity contribution is 7.81. The molecule has 1 saturated heterocycles. The zero-order valence-corrected chi connectivity index (χ0v) is 21.5. The van der Waals surface area contributed by atoms with Crippen LogP contribution in [0.2, 0.25) is 5.02 Å². The van der Waals surface area contributed by atoms with Crippen molar-refractivity contribution in [2.75, 3.05) is 9.80 Å². The first kappa shape index (κ1) is 25.3. The van der Waals surface area contributed by atoms with Gasteiger partial charge < -0.3 is 4.74 Å². The van der Waals surface area contributed by atoms with Crippen molar-refractivity contribution >= 4 is 58.2 Å². The standard InChI is InChI=1S/C30H20ClFN2O3S/c31-26-15-8-16-27(32)25(26)19-37-23-14-7-9-20(17-23)18-24-28(35)33(21-10-3-1-4-11-21)30(38)34(29(24)36)22-12-5-2-6-13-22/h1-18H,19H2. The van der Waals surface area contributed by atoms with Crippen molar-refractivity contribution in [1.29, 1.82) is 0 Å². The number of benzene rings is 4. The molecule has 1 fully saturated rings. The average molecular weight is 543 g/mol. The van der Waals surface area contributed by atoms with Gasteiger partial charge in [0.25, 0.3) is 11.8 Å². The van der Waals surface area contributed by atoms with E-state index in [1.807, 2.05) is 12.1 Å². The van der Waals surface area contributed by atoms with E-state index >= 15 is 0 Å². The third-order valence-electron chi connectivity index (χ3n) is 5.89. The summed E-state index contributed by atoms with van der Waals surface area (Å²) < 4.78 is 19.9. The molecule has 0 aliphatic carbocycles. The Kier molecular flexibility index (Phi) is 7.31. The van der Waals surface area contributed by atoms with Gasteiger partial charge in [-0.1, -0.05) is 66.2 Å². The van der Waals surface area contributed by atoms with Gasteiger partial charge in [-0.25, -0.2) is 4.39 Å². The zero-order chi connectivity index (χ0) is 26.6. The number of hydrogen-bond donors (Lipinski definition) is 0. The maximum atomic E-state index is 14.1. The lowest BCUT2D eigenvalue weighted by Crippen LogP contribution is -2.56. The maximum Gasteiger partial charge on any atom is 0.270 e. The van der Waals surface area contributed by atoms with Crippen LogP contribution < -0.4 is 14.5 Å². The molecule has 5 nitrogen and oxygen atoms in total. The first-order valence-electron chi connectivity index (χ1n) is 11.6. The van der Waals surface area contributed by atoms with Crippen LogP contribution in [0.1, 0.15) is 11.1 Å². The Morgan fingerprint density at radius 1 is 0.789 bits per heavy atom. The molecule has 5 rings (SSSR count). The van der Waals surface area contributed by atoms with Crippen LogP contribution in [-0.4, -0.2) is 16.9 Å². The molecule has 0 spiro atoms. The van der Waals surface area contributed by atoms with Crippen LogP contribution in [0, 0.1) is 5.82 Å². The number of thiocarbonyl (C=S) groups is 1. The van der Waals surface area contributed by atoms with Gasteiger partial charge >= 0.3 is 0 Å². The summed E-state index contributed by atoms with van der Waals surface area (Å²) in [5.74, 6) is -1.12. The van der Waals surface area contributed by atoms with Gasteiger partial charge in [0.1, 0.15) is 23.7 Å². The maximum absolute atomic E-state index is 14.1. The van der Waals surface area contributed by atoms with Crippen LogP contribution in [-0.2, 0) is 16.2 Å². The number of carbonyl (C=O) groups excluding carboxylic acids is 2. The van der Waals surface area contributed by atoms with E-state index in [9.17, 15) is 14.0 Å². The normalized spacial score (nSPS) is 13.6. The molecule has 1 heterocycles. The van der Waals surface area contributed by atoms with Crippen LogP contribution in [0.15, 0.2) is 109 Å². The van der Waals surface area contributed by atoms with E-state index in [-0.39, 0.29) is 27.9 Å². The Hall–Kier alpha value is -4.33. The zero-order valence-electron chi connectivity index (χ0n) is 19.9. The fourth-order valence-corrected chi connectivity index (χ4v) is 4.62. The van der Waals surface area contributed by atoms with Crippen LogP contribution >= 0.6 is 23.8 Å². The molecule has 0 atom stereocenters. The van der Waals surface area contributed by atoms with E-state index in [2.05, 4.69) is 0 Å². The molecule has 2 amide bonds. The molecule has 4 aromatic carbocycles. The molecule has 0 bridgehead atoms. The molecule has 4 aromatic rings. The molecule has 1 aliphatic heterocycles. The number of halogens is 2. The predicted octanol–water partition coefficient (Wildman–Crippen LogP) is 6.81. The number of nitrogens with zero attached hydrogens (tertiary/aromatic N) is 2. The van der Waals surface area contributed by atoms with Gasteiger partial charge in [-0.3, -0.25) is 19.4 Å². The summed E-state index contributed by atoms with van der Waals surface area (Å²) in [6, 6.07) is 29.1. The lowest BCUT2D eigenvalue weighted by molar-refractivity contribution is -0.120. The molecule has 8 heteroatoms. The van der Waals surface area contributed by atoms with Crippen LogP contribution in [0.25, 0.3) is 6.08 Å². The van der Waals surface area contributed by atoms with Crippen molar-refractivity contribution in [3.8, 4) is 5.75 Å². The molecule has 1 aliphatic rings. The fourth-order valence-electron chi connectivity index (χ4n) is 4.03. The number of para-hydroxylation sites is 2. The lowest BCUT2D eigenvalue weighted by atomic mass is 10.0. The fraction of sp³-hybridized carbons (Fsp3) is 0.0333. The largest absolute Gasteiger partial charge is 0.489 e. The van der Waals surface area contributed by atoms with Gasteiger partial charge in [-0.2, -0.15) is 0 Å². The smallest absolute Gasteiger partial charge is 0.270 e. The highest BCUT2D eigenvalue weighted by Crippen LogP contribution is 2.30. The summed E-state index contributed by atoms with van der Waals surface area (Å²) >= 11 is 11.7. The molecular formula is C30H20ClFN2O3S. The summed E-state index contributed by atoms with van der Waals surface area (Å²) in [6.07, 6.45) is 1.50. The van der Waals surface area contributed by atoms with Gasteiger partial charge in [0.05, 0.1) is 16.4 Å². The summed E-state index contributed by atoms with van der Waals surface area (Å²) in [6.45, 7) is -0.0821. The summed E-state index contributed by atoms with van der Waals surface area (Å²) in [5.41, 5.74) is 1.80. The monoisotopic (exact) mass is 542 g/mol. The average Bonchev–Trinajstić information content (AvgIpc) is 2.92. The molecule has 0 saturated carbocycles. The minimum atomic E-state index is -0.539. The van der Waals surface area contributed by atoms with E-state index in [1.54, 1.807) is 78.9 Å². The molecule has 188 valence electrons. The Morgan fingerprint density at radius 3 is 1.95 bits per heavy atom. The van der Waals surface area contributed by atoms with Crippen LogP contribution in [0.4, 0.5) is 15.8 Å². The van der Waals surface area contributed by atoms with E-state index in [1.165, 1.54) is 28.0 Å². The predicted molar refractivity (Wildman–Crippen MR) is 151 cm³/mol. The number of hydrogen-bond acceptors (Lipinski definition) is 4. The Balaban J connectivity index is 1.50. The third-order valence-corrected chi connectivity index (χ3v) is 6.61. The van der Waals surface area contributed by atoms with Gasteiger partial charge in [0.15, 0.2) is 5.11 Å². The van der Waals surface area contributed by atoms with Crippen molar-refractivity contribution < 1.29 is 18.7 Å². The summed E-state index contributed by atoms with van der Waals surface area (Å²) in [5, 5.41) is 0.327. The molecular weight excluding hydrogens is 523 g/mol. The van der Waals surface area contributed by atoms with E-state index in [0.29, 0.717) is 22.7 Å². The van der Waals surface area contributed by atoms with Crippen molar-refractivity contribution in [2.45, 2.75) is 6.61 Å². The van der Waals surface area contributed by atoms with Crippen molar-refractivity contribution in [2.24, 2.45) is 0 Å². The van der Waals surface area contributed by atoms with Gasteiger partial charge in [0.2, 0.25) is 0 Å². The Bertz CT molecular complexity index is 1480. The number of ether oxygens (including phenoxy) is 1. The van der Waals surface area contributed by atoms with E-state index in [0.717, 1.165) is 0 Å². The number of anilines is 2. The topological polar surface area (TPSA) is 49.9 Å². The Morgan fingerprint density at radius 2 is 1.37 bits per heavy atom. The van der Waals surface area contributed by atoms with Gasteiger partial charge in [-0.05, 0) is 72.4 Å². The SMILES string of the molecule is O=C1C(=Cc2cccc(OCc3c(F)cccc3Cl)c2)C(=O)N(c2ccccc2)C(=S)N1c1ccccc1. The Labute approximate surface area is 229 Å². The molecule has 38 heavy (non-hydrogen) atoms. The molecule has 0 aromatic heterocycles. The van der Waals surface area contributed by atoms with Crippen LogP contribution in [0.3, 0.4) is 0 Å². The second-order valence-electron chi connectivity index (χ2n) is 8.35. The van der Waals surface area contributed by atoms with Gasteiger partial charge in [0, 0.05) is 5.56 Å². The number of carbonyl (C=O) groups is 2. The highest BCUT2D eigenvalue weighted by atomic mass is 35.5. The molecule has 0 radical (unpaired) electrons.